The standard InChI is InChI=1S/C5H8Cl2O/c1-5(7)4(6)2-3-8-5/h4H,2-3H2,1H3/t4-,5-/m1/s1. The van der Waals surface area contributed by atoms with E-state index in [1.807, 2.05) is 0 Å². The molecule has 1 rings (SSSR count). The van der Waals surface area contributed by atoms with Gasteiger partial charge in [-0.25, -0.2) is 0 Å². The summed E-state index contributed by atoms with van der Waals surface area (Å²) in [6.07, 6.45) is 0.863. The Morgan fingerprint density at radius 3 is 2.50 bits per heavy atom. The zero-order chi connectivity index (χ0) is 6.20. The van der Waals surface area contributed by atoms with Crippen LogP contribution < -0.4 is 0 Å². The smallest absolute Gasteiger partial charge is 0.155 e. The fourth-order valence-corrected chi connectivity index (χ4v) is 1.05. The highest BCUT2D eigenvalue weighted by Gasteiger charge is 2.36. The number of hydrogen-bond donors (Lipinski definition) is 0. The van der Waals surface area contributed by atoms with Crippen molar-refractivity contribution in [3.05, 3.63) is 0 Å². The van der Waals surface area contributed by atoms with Gasteiger partial charge >= 0.3 is 0 Å². The van der Waals surface area contributed by atoms with Gasteiger partial charge in [0.05, 0.1) is 12.0 Å². The first-order valence-corrected chi connectivity index (χ1v) is 3.41. The van der Waals surface area contributed by atoms with Crippen LogP contribution in [-0.4, -0.2) is 17.0 Å². The summed E-state index contributed by atoms with van der Waals surface area (Å²) < 4.78 is 5.09. The second-order valence-corrected chi connectivity index (χ2v) is 3.37. The molecular weight excluding hydrogens is 147 g/mol. The van der Waals surface area contributed by atoms with Gasteiger partial charge in [-0.3, -0.25) is 0 Å². The molecule has 8 heavy (non-hydrogen) atoms. The van der Waals surface area contributed by atoms with Crippen molar-refractivity contribution in [2.45, 2.75) is 23.8 Å². The van der Waals surface area contributed by atoms with E-state index >= 15 is 0 Å². The first-order valence-electron chi connectivity index (χ1n) is 2.60. The van der Waals surface area contributed by atoms with Gasteiger partial charge in [-0.05, 0) is 13.3 Å². The van der Waals surface area contributed by atoms with Crippen molar-refractivity contribution in [3.8, 4) is 0 Å². The first-order chi connectivity index (χ1) is 3.63. The third kappa shape index (κ3) is 1.09. The monoisotopic (exact) mass is 154 g/mol. The van der Waals surface area contributed by atoms with E-state index in [1.54, 1.807) is 6.92 Å². The second-order valence-electron chi connectivity index (χ2n) is 2.09. The molecule has 1 nitrogen and oxygen atoms in total. The van der Waals surface area contributed by atoms with Crippen LogP contribution >= 0.6 is 23.2 Å². The van der Waals surface area contributed by atoms with Gasteiger partial charge < -0.3 is 4.74 Å². The normalized spacial score (nSPS) is 47.6. The lowest BCUT2D eigenvalue weighted by Gasteiger charge is -2.16. The largest absolute Gasteiger partial charge is 0.358 e. The molecule has 0 spiro atoms. The summed E-state index contributed by atoms with van der Waals surface area (Å²) in [5, 5.41) is -0.633. The molecule has 2 atom stereocenters. The molecule has 0 bridgehead atoms. The Morgan fingerprint density at radius 2 is 2.38 bits per heavy atom. The van der Waals surface area contributed by atoms with Crippen LogP contribution in [0.4, 0.5) is 0 Å². The zero-order valence-electron chi connectivity index (χ0n) is 4.66. The Kier molecular flexibility index (Phi) is 1.71. The molecule has 48 valence electrons. The summed E-state index contributed by atoms with van der Waals surface area (Å²) in [5.41, 5.74) is 0. The Hall–Kier alpha value is 0.540. The van der Waals surface area contributed by atoms with E-state index in [2.05, 4.69) is 0 Å². The van der Waals surface area contributed by atoms with Crippen molar-refractivity contribution in [2.75, 3.05) is 6.61 Å². The summed E-state index contributed by atoms with van der Waals surface area (Å²) in [4.78, 5) is 0. The fraction of sp³-hybridized carbons (Fsp3) is 1.00. The number of ether oxygens (including phenoxy) is 1. The van der Waals surface area contributed by atoms with E-state index in [1.165, 1.54) is 0 Å². The third-order valence-electron chi connectivity index (χ3n) is 1.32. The molecule has 3 heteroatoms. The van der Waals surface area contributed by atoms with Crippen LogP contribution in [0.25, 0.3) is 0 Å². The molecule has 0 aliphatic carbocycles. The summed E-state index contributed by atoms with van der Waals surface area (Å²) in [5.74, 6) is 0. The van der Waals surface area contributed by atoms with Gasteiger partial charge in [0.25, 0.3) is 0 Å². The highest BCUT2D eigenvalue weighted by Crippen LogP contribution is 2.33. The van der Waals surface area contributed by atoms with E-state index in [9.17, 15) is 0 Å². The van der Waals surface area contributed by atoms with E-state index in [4.69, 9.17) is 27.9 Å². The van der Waals surface area contributed by atoms with Crippen molar-refractivity contribution in [1.29, 1.82) is 0 Å². The Morgan fingerprint density at radius 1 is 1.75 bits per heavy atom. The predicted molar refractivity (Wildman–Crippen MR) is 34.5 cm³/mol. The zero-order valence-corrected chi connectivity index (χ0v) is 6.17. The summed E-state index contributed by atoms with van der Waals surface area (Å²) in [7, 11) is 0. The van der Waals surface area contributed by atoms with Gasteiger partial charge in [0, 0.05) is 0 Å². The summed E-state index contributed by atoms with van der Waals surface area (Å²) in [6, 6.07) is 0. The van der Waals surface area contributed by atoms with Crippen LogP contribution in [0.1, 0.15) is 13.3 Å². The molecule has 0 aromatic carbocycles. The lowest BCUT2D eigenvalue weighted by Crippen LogP contribution is -2.23. The Balaban J connectivity index is 2.54. The Labute approximate surface area is 58.9 Å². The fourth-order valence-electron chi connectivity index (χ4n) is 0.710. The Bertz CT molecular complexity index is 92.4. The van der Waals surface area contributed by atoms with Crippen LogP contribution in [0, 0.1) is 0 Å². The average Bonchev–Trinajstić information content (AvgIpc) is 1.86. The SMILES string of the molecule is C[C@@]1(Cl)OCC[C@H]1Cl. The molecule has 1 heterocycles. The molecular formula is C5H8Cl2O. The molecule has 0 aromatic heterocycles. The number of rotatable bonds is 0. The second kappa shape index (κ2) is 2.05. The first kappa shape index (κ1) is 6.66. The van der Waals surface area contributed by atoms with Gasteiger partial charge in [0.1, 0.15) is 0 Å². The van der Waals surface area contributed by atoms with Gasteiger partial charge in [-0.1, -0.05) is 11.6 Å². The lowest BCUT2D eigenvalue weighted by atomic mass is 10.2. The molecule has 0 saturated carbocycles. The van der Waals surface area contributed by atoms with Gasteiger partial charge in [0.15, 0.2) is 5.06 Å². The average molecular weight is 155 g/mol. The van der Waals surface area contributed by atoms with Gasteiger partial charge in [-0.2, -0.15) is 0 Å². The minimum Gasteiger partial charge on any atom is -0.358 e. The molecule has 0 radical (unpaired) electrons. The van der Waals surface area contributed by atoms with Crippen molar-refractivity contribution < 1.29 is 4.74 Å². The highest BCUT2D eigenvalue weighted by molar-refractivity contribution is 6.31. The van der Waals surface area contributed by atoms with Crippen molar-refractivity contribution >= 4 is 23.2 Å². The van der Waals surface area contributed by atoms with E-state index < -0.39 is 5.06 Å². The molecule has 1 saturated heterocycles. The predicted octanol–water partition coefficient (Wildman–Crippen LogP) is 1.97. The maximum absolute atomic E-state index is 5.76. The van der Waals surface area contributed by atoms with E-state index in [0.29, 0.717) is 6.61 Å². The van der Waals surface area contributed by atoms with Crippen LogP contribution in [0.15, 0.2) is 0 Å². The van der Waals surface area contributed by atoms with E-state index in [0.717, 1.165) is 6.42 Å². The third-order valence-corrected chi connectivity index (χ3v) is 2.43. The maximum Gasteiger partial charge on any atom is 0.155 e. The topological polar surface area (TPSA) is 9.23 Å². The minimum atomic E-state index is -0.610. The van der Waals surface area contributed by atoms with Crippen molar-refractivity contribution in [1.82, 2.24) is 0 Å². The number of halogens is 2. The van der Waals surface area contributed by atoms with Crippen LogP contribution in [0.5, 0.6) is 0 Å². The van der Waals surface area contributed by atoms with Crippen LogP contribution in [0.3, 0.4) is 0 Å². The van der Waals surface area contributed by atoms with Gasteiger partial charge in [-0.15, -0.1) is 11.6 Å². The van der Waals surface area contributed by atoms with Crippen molar-refractivity contribution in [2.24, 2.45) is 0 Å². The van der Waals surface area contributed by atoms with Crippen LogP contribution in [0.2, 0.25) is 0 Å². The highest BCUT2D eigenvalue weighted by atomic mass is 35.5. The molecule has 1 aliphatic heterocycles. The molecule has 0 unspecified atom stereocenters. The molecule has 0 N–H and O–H groups in total. The summed E-state index contributed by atoms with van der Waals surface area (Å²) >= 11 is 11.5. The molecule has 0 aromatic rings. The van der Waals surface area contributed by atoms with E-state index in [-0.39, 0.29) is 5.38 Å². The molecule has 0 amide bonds. The number of hydrogen-bond acceptors (Lipinski definition) is 1. The molecule has 1 aliphatic rings. The quantitative estimate of drug-likeness (QED) is 0.486. The molecule has 1 fully saturated rings. The lowest BCUT2D eigenvalue weighted by molar-refractivity contribution is 0.0919. The maximum atomic E-state index is 5.76. The van der Waals surface area contributed by atoms with Crippen molar-refractivity contribution in [3.63, 3.8) is 0 Å². The number of alkyl halides is 2. The van der Waals surface area contributed by atoms with Gasteiger partial charge in [0.2, 0.25) is 0 Å². The summed E-state index contributed by atoms with van der Waals surface area (Å²) in [6.45, 7) is 2.48. The minimum absolute atomic E-state index is 0.0239. The van der Waals surface area contributed by atoms with Crippen LogP contribution in [-0.2, 0) is 4.74 Å².